The molecule has 2 aromatic carbocycles. The van der Waals surface area contributed by atoms with Crippen LogP contribution in [0.4, 0.5) is 0 Å². The summed E-state index contributed by atoms with van der Waals surface area (Å²) in [5.41, 5.74) is 3.75. The van der Waals surface area contributed by atoms with E-state index in [4.69, 9.17) is 0 Å². The SMILES string of the molecule is Cc1cc(Br)c(C(Br)c2ccccc2I)cc1Br. The first-order valence-corrected chi connectivity index (χ1v) is 8.92. The van der Waals surface area contributed by atoms with Crippen molar-refractivity contribution in [3.05, 3.63) is 65.6 Å². The maximum atomic E-state index is 3.80. The minimum absolute atomic E-state index is 0.192. The molecule has 94 valence electrons. The molecular weight excluding hydrogens is 535 g/mol. The molecule has 0 nitrogen and oxygen atoms in total. The minimum atomic E-state index is 0.192. The van der Waals surface area contributed by atoms with Gasteiger partial charge in [-0.05, 0) is 64.4 Å². The third kappa shape index (κ3) is 3.19. The van der Waals surface area contributed by atoms with Gasteiger partial charge in [0, 0.05) is 12.5 Å². The summed E-state index contributed by atoms with van der Waals surface area (Å²) in [6, 6.07) is 12.7. The number of hydrogen-bond acceptors (Lipinski definition) is 0. The zero-order chi connectivity index (χ0) is 13.3. The highest BCUT2D eigenvalue weighted by Gasteiger charge is 2.17. The lowest BCUT2D eigenvalue weighted by molar-refractivity contribution is 1.14. The summed E-state index contributed by atoms with van der Waals surface area (Å²) < 4.78 is 3.53. The lowest BCUT2D eigenvalue weighted by Crippen LogP contribution is -1.97. The van der Waals surface area contributed by atoms with Crippen LogP contribution in [0.1, 0.15) is 21.5 Å². The Kier molecular flexibility index (Phi) is 5.31. The molecule has 0 saturated heterocycles. The Hall–Kier alpha value is 0.610. The van der Waals surface area contributed by atoms with Crippen molar-refractivity contribution in [2.24, 2.45) is 0 Å². The molecule has 0 fully saturated rings. The first-order valence-electron chi connectivity index (χ1n) is 5.34. The molecule has 0 saturated carbocycles. The van der Waals surface area contributed by atoms with Gasteiger partial charge in [0.1, 0.15) is 0 Å². The zero-order valence-corrected chi connectivity index (χ0v) is 16.5. The fourth-order valence-electron chi connectivity index (χ4n) is 1.70. The van der Waals surface area contributed by atoms with E-state index in [9.17, 15) is 0 Å². The second kappa shape index (κ2) is 6.37. The quantitative estimate of drug-likeness (QED) is 0.295. The Bertz CT molecular complexity index is 581. The average Bonchev–Trinajstić information content (AvgIpc) is 2.33. The van der Waals surface area contributed by atoms with E-state index in [2.05, 4.69) is 114 Å². The Morgan fingerprint density at radius 3 is 2.33 bits per heavy atom. The highest BCUT2D eigenvalue weighted by molar-refractivity contribution is 14.1. The van der Waals surface area contributed by atoms with Crippen LogP contribution in [-0.2, 0) is 0 Å². The molecule has 0 spiro atoms. The monoisotopic (exact) mass is 542 g/mol. The molecule has 0 aliphatic carbocycles. The maximum Gasteiger partial charge on any atom is 0.0666 e. The Morgan fingerprint density at radius 2 is 1.67 bits per heavy atom. The number of halogens is 4. The van der Waals surface area contributed by atoms with Crippen LogP contribution in [0.2, 0.25) is 0 Å². The first-order chi connectivity index (χ1) is 8.50. The van der Waals surface area contributed by atoms with Crippen LogP contribution in [0.5, 0.6) is 0 Å². The van der Waals surface area contributed by atoms with Gasteiger partial charge < -0.3 is 0 Å². The highest BCUT2D eigenvalue weighted by atomic mass is 127. The van der Waals surface area contributed by atoms with Gasteiger partial charge in [0.25, 0.3) is 0 Å². The molecule has 2 aromatic rings. The summed E-state index contributed by atoms with van der Waals surface area (Å²) >= 11 is 13.4. The van der Waals surface area contributed by atoms with Gasteiger partial charge in [0.05, 0.1) is 4.83 Å². The average molecular weight is 545 g/mol. The zero-order valence-electron chi connectivity index (χ0n) is 9.55. The van der Waals surface area contributed by atoms with E-state index >= 15 is 0 Å². The van der Waals surface area contributed by atoms with Crippen LogP contribution < -0.4 is 0 Å². The van der Waals surface area contributed by atoms with E-state index in [0.717, 1.165) is 8.95 Å². The smallest absolute Gasteiger partial charge is 0.0666 e. The molecule has 0 heterocycles. The van der Waals surface area contributed by atoms with E-state index in [1.807, 2.05) is 0 Å². The molecule has 18 heavy (non-hydrogen) atoms. The van der Waals surface area contributed by atoms with Crippen LogP contribution in [0.15, 0.2) is 45.3 Å². The standard InChI is InChI=1S/C14H10Br3I/c1-8-6-12(16)10(7-11(8)15)14(17)9-4-2-3-5-13(9)18/h2-7,14H,1H3. The van der Waals surface area contributed by atoms with E-state index in [-0.39, 0.29) is 4.83 Å². The summed E-state index contributed by atoms with van der Waals surface area (Å²) in [6.07, 6.45) is 0. The second-order valence-electron chi connectivity index (χ2n) is 4.01. The largest absolute Gasteiger partial charge is 0.0786 e. The molecule has 0 N–H and O–H groups in total. The molecule has 2 rings (SSSR count). The molecule has 0 aromatic heterocycles. The van der Waals surface area contributed by atoms with Crippen molar-refractivity contribution in [3.8, 4) is 0 Å². The summed E-state index contributed by atoms with van der Waals surface area (Å²) in [5, 5.41) is 0. The van der Waals surface area contributed by atoms with Gasteiger partial charge in [-0.2, -0.15) is 0 Å². The highest BCUT2D eigenvalue weighted by Crippen LogP contribution is 2.39. The fraction of sp³-hybridized carbons (Fsp3) is 0.143. The van der Waals surface area contributed by atoms with E-state index in [1.165, 1.54) is 20.3 Å². The van der Waals surface area contributed by atoms with Crippen molar-refractivity contribution in [2.75, 3.05) is 0 Å². The first kappa shape index (κ1) is 15.0. The molecule has 0 aliphatic rings. The van der Waals surface area contributed by atoms with Crippen molar-refractivity contribution in [2.45, 2.75) is 11.8 Å². The Labute approximate surface area is 146 Å². The van der Waals surface area contributed by atoms with Crippen molar-refractivity contribution in [1.82, 2.24) is 0 Å². The molecule has 0 aliphatic heterocycles. The van der Waals surface area contributed by atoms with Gasteiger partial charge in [-0.1, -0.05) is 66.0 Å². The molecule has 0 radical (unpaired) electrons. The molecule has 1 unspecified atom stereocenters. The molecule has 0 amide bonds. The second-order valence-corrected chi connectivity index (χ2v) is 7.79. The van der Waals surface area contributed by atoms with Crippen molar-refractivity contribution >= 4 is 70.4 Å². The fourth-order valence-corrected chi connectivity index (χ4v) is 4.96. The normalized spacial score (nSPS) is 12.5. The van der Waals surface area contributed by atoms with Crippen LogP contribution in [0.3, 0.4) is 0 Å². The van der Waals surface area contributed by atoms with Gasteiger partial charge in [0.2, 0.25) is 0 Å². The van der Waals surface area contributed by atoms with Crippen LogP contribution in [0, 0.1) is 10.5 Å². The third-order valence-electron chi connectivity index (χ3n) is 2.73. The number of hydrogen-bond donors (Lipinski definition) is 0. The molecule has 1 atom stereocenters. The molecule has 4 heteroatoms. The van der Waals surface area contributed by atoms with Crippen molar-refractivity contribution < 1.29 is 0 Å². The van der Waals surface area contributed by atoms with Crippen molar-refractivity contribution in [3.63, 3.8) is 0 Å². The van der Waals surface area contributed by atoms with Crippen LogP contribution in [-0.4, -0.2) is 0 Å². The summed E-state index contributed by atoms with van der Waals surface area (Å²) in [5.74, 6) is 0. The Morgan fingerprint density at radius 1 is 1.00 bits per heavy atom. The van der Waals surface area contributed by atoms with Crippen LogP contribution in [0.25, 0.3) is 0 Å². The van der Waals surface area contributed by atoms with Crippen LogP contribution >= 0.6 is 70.4 Å². The van der Waals surface area contributed by atoms with E-state index in [1.54, 1.807) is 0 Å². The van der Waals surface area contributed by atoms with E-state index < -0.39 is 0 Å². The number of benzene rings is 2. The van der Waals surface area contributed by atoms with E-state index in [0.29, 0.717) is 0 Å². The predicted octanol–water partition coefficient (Wildman–Crippen LogP) is 6.61. The maximum absolute atomic E-state index is 3.80. The number of aryl methyl sites for hydroxylation is 1. The van der Waals surface area contributed by atoms with Gasteiger partial charge in [0.15, 0.2) is 0 Å². The predicted molar refractivity (Wildman–Crippen MR) is 96.5 cm³/mol. The summed E-state index contributed by atoms with van der Waals surface area (Å²) in [6.45, 7) is 2.09. The van der Waals surface area contributed by atoms with Crippen molar-refractivity contribution in [1.29, 1.82) is 0 Å². The molecular formula is C14H10Br3I. The Balaban J connectivity index is 2.50. The molecule has 0 bridgehead atoms. The van der Waals surface area contributed by atoms with Gasteiger partial charge >= 0.3 is 0 Å². The summed E-state index contributed by atoms with van der Waals surface area (Å²) in [7, 11) is 0. The van der Waals surface area contributed by atoms with Gasteiger partial charge in [-0.3, -0.25) is 0 Å². The lowest BCUT2D eigenvalue weighted by Gasteiger charge is -2.16. The third-order valence-corrected chi connectivity index (χ3v) is 6.24. The van der Waals surface area contributed by atoms with Gasteiger partial charge in [-0.25, -0.2) is 0 Å². The lowest BCUT2D eigenvalue weighted by atomic mass is 10.0. The topological polar surface area (TPSA) is 0 Å². The van der Waals surface area contributed by atoms with Gasteiger partial charge in [-0.15, -0.1) is 0 Å². The summed E-state index contributed by atoms with van der Waals surface area (Å²) in [4.78, 5) is 0.192. The number of alkyl halides is 1. The number of rotatable bonds is 2. The minimum Gasteiger partial charge on any atom is -0.0786 e.